The van der Waals surface area contributed by atoms with E-state index in [1.165, 1.54) is 12.3 Å². The highest BCUT2D eigenvalue weighted by Crippen LogP contribution is 2.18. The molecule has 8 nitrogen and oxygen atoms in total. The molecule has 10 heteroatoms. The van der Waals surface area contributed by atoms with Crippen LogP contribution in [-0.2, 0) is 14.8 Å². The molecular weight excluding hydrogens is 320 g/mol. The summed E-state index contributed by atoms with van der Waals surface area (Å²) >= 11 is 0. The van der Waals surface area contributed by atoms with Gasteiger partial charge in [-0.2, -0.15) is 9.57 Å². The summed E-state index contributed by atoms with van der Waals surface area (Å²) in [5, 5.41) is 20.4. The largest absolute Gasteiger partial charge is 0.480 e. The Bertz CT molecular complexity index is 673. The fourth-order valence-corrected chi connectivity index (χ4v) is 3.47. The number of halogens is 1. The molecule has 0 spiro atoms. The summed E-state index contributed by atoms with van der Waals surface area (Å²) in [6.07, 6.45) is 1.21. The van der Waals surface area contributed by atoms with Crippen LogP contribution in [0.25, 0.3) is 0 Å². The van der Waals surface area contributed by atoms with Crippen LogP contribution in [0, 0.1) is 11.3 Å². The van der Waals surface area contributed by atoms with E-state index in [0.29, 0.717) is 6.54 Å². The molecular formula is C11H13ClN4O4S. The Labute approximate surface area is 127 Å². The van der Waals surface area contributed by atoms with Crippen LogP contribution in [0.2, 0.25) is 0 Å². The highest BCUT2D eigenvalue weighted by atomic mass is 35.5. The Morgan fingerprint density at radius 1 is 1.57 bits per heavy atom. The topological polar surface area (TPSA) is 123 Å². The second-order valence-corrected chi connectivity index (χ2v) is 6.01. The zero-order valence-corrected chi connectivity index (χ0v) is 12.4. The number of piperazine rings is 1. The van der Waals surface area contributed by atoms with E-state index in [1.54, 1.807) is 0 Å². The van der Waals surface area contributed by atoms with E-state index in [0.717, 1.165) is 10.4 Å². The van der Waals surface area contributed by atoms with Crippen LogP contribution in [0.4, 0.5) is 0 Å². The molecule has 2 heterocycles. The third-order valence-electron chi connectivity index (χ3n) is 2.92. The number of pyridine rings is 1. The number of rotatable bonds is 3. The van der Waals surface area contributed by atoms with Gasteiger partial charge < -0.3 is 10.4 Å². The van der Waals surface area contributed by atoms with E-state index >= 15 is 0 Å². The van der Waals surface area contributed by atoms with Gasteiger partial charge in [0.1, 0.15) is 6.04 Å². The number of carbonyl (C=O) groups is 1. The summed E-state index contributed by atoms with van der Waals surface area (Å²) in [7, 11) is -4.04. The molecule has 1 saturated heterocycles. The van der Waals surface area contributed by atoms with Crippen LogP contribution in [0.1, 0.15) is 5.56 Å². The number of carboxylic acid groups (broad SMARTS) is 1. The lowest BCUT2D eigenvalue weighted by Gasteiger charge is -2.31. The number of nitriles is 1. The summed E-state index contributed by atoms with van der Waals surface area (Å²) in [6, 6.07) is 3.16. The van der Waals surface area contributed by atoms with E-state index < -0.39 is 22.0 Å². The summed E-state index contributed by atoms with van der Waals surface area (Å²) in [5.41, 5.74) is 0.153. The molecule has 0 aromatic carbocycles. The third kappa shape index (κ3) is 3.48. The van der Waals surface area contributed by atoms with Crippen molar-refractivity contribution in [1.82, 2.24) is 14.6 Å². The van der Waals surface area contributed by atoms with E-state index in [4.69, 9.17) is 10.4 Å². The Morgan fingerprint density at radius 2 is 2.29 bits per heavy atom. The van der Waals surface area contributed by atoms with E-state index in [9.17, 15) is 13.2 Å². The lowest BCUT2D eigenvalue weighted by atomic mass is 10.2. The highest BCUT2D eigenvalue weighted by Gasteiger charge is 2.38. The molecule has 1 unspecified atom stereocenters. The van der Waals surface area contributed by atoms with Gasteiger partial charge in [0.05, 0.1) is 11.6 Å². The quantitative estimate of drug-likeness (QED) is 0.759. The van der Waals surface area contributed by atoms with Crippen molar-refractivity contribution < 1.29 is 18.3 Å². The van der Waals surface area contributed by atoms with Crippen molar-refractivity contribution in [2.24, 2.45) is 0 Å². The van der Waals surface area contributed by atoms with Crippen LogP contribution < -0.4 is 5.32 Å². The first kappa shape index (κ1) is 17.3. The number of hydrogen-bond acceptors (Lipinski definition) is 6. The molecule has 1 aromatic rings. The number of aliphatic carboxylic acids is 1. The Morgan fingerprint density at radius 3 is 2.90 bits per heavy atom. The first-order valence-electron chi connectivity index (χ1n) is 5.78. The number of nitrogens with zero attached hydrogens (tertiary/aromatic N) is 3. The molecule has 1 aliphatic rings. The van der Waals surface area contributed by atoms with Gasteiger partial charge in [0.15, 0.2) is 5.03 Å². The predicted molar refractivity (Wildman–Crippen MR) is 74.4 cm³/mol. The number of nitrogens with one attached hydrogen (secondary N) is 1. The predicted octanol–water partition coefficient (Wildman–Crippen LogP) is -0.578. The van der Waals surface area contributed by atoms with Crippen molar-refractivity contribution in [3.05, 3.63) is 23.9 Å². The number of carboxylic acids is 1. The van der Waals surface area contributed by atoms with Gasteiger partial charge in [-0.25, -0.2) is 13.4 Å². The molecule has 0 aliphatic carbocycles. The van der Waals surface area contributed by atoms with Crippen LogP contribution >= 0.6 is 12.4 Å². The van der Waals surface area contributed by atoms with Crippen molar-refractivity contribution in [3.63, 3.8) is 0 Å². The zero-order valence-electron chi connectivity index (χ0n) is 10.8. The Hall–Kier alpha value is -1.73. The average molecular weight is 333 g/mol. The maximum atomic E-state index is 12.4. The van der Waals surface area contributed by atoms with Crippen LogP contribution in [0.5, 0.6) is 0 Å². The maximum absolute atomic E-state index is 12.4. The summed E-state index contributed by atoms with van der Waals surface area (Å²) in [6.45, 7) is 0.436. The molecule has 1 fully saturated rings. The molecule has 1 atom stereocenters. The van der Waals surface area contributed by atoms with Crippen molar-refractivity contribution in [3.8, 4) is 6.07 Å². The molecule has 0 radical (unpaired) electrons. The van der Waals surface area contributed by atoms with Crippen molar-refractivity contribution in [1.29, 1.82) is 5.26 Å². The Kier molecular flexibility index (Phi) is 5.62. The number of aromatic nitrogens is 1. The lowest BCUT2D eigenvalue weighted by Crippen LogP contribution is -2.56. The first-order valence-corrected chi connectivity index (χ1v) is 7.22. The van der Waals surface area contributed by atoms with Gasteiger partial charge in [-0.05, 0) is 12.1 Å². The normalized spacial score (nSPS) is 19.3. The summed E-state index contributed by atoms with van der Waals surface area (Å²) < 4.78 is 25.8. The van der Waals surface area contributed by atoms with Crippen LogP contribution in [0.15, 0.2) is 23.4 Å². The standard InChI is InChI=1S/C11H12N4O4S.ClH/c12-6-8-1-2-14-10(5-8)20(18,19)15-4-3-13-7-9(15)11(16)17;/h1-2,5,9,13H,3-4,7H2,(H,16,17);1H. The number of sulfonamides is 1. The average Bonchev–Trinajstić information content (AvgIpc) is 2.47. The first-order chi connectivity index (χ1) is 9.46. The molecule has 1 aliphatic heterocycles. The van der Waals surface area contributed by atoms with Gasteiger partial charge in [-0.1, -0.05) is 0 Å². The minimum atomic E-state index is -4.04. The molecule has 1 aromatic heterocycles. The Balaban J connectivity index is 0.00000220. The highest BCUT2D eigenvalue weighted by molar-refractivity contribution is 7.89. The van der Waals surface area contributed by atoms with Gasteiger partial charge in [0, 0.05) is 25.8 Å². The van der Waals surface area contributed by atoms with Gasteiger partial charge in [-0.3, -0.25) is 4.79 Å². The SMILES string of the molecule is Cl.N#Cc1ccnc(S(=O)(=O)N2CCNCC2C(=O)O)c1. The minimum Gasteiger partial charge on any atom is -0.480 e. The molecule has 0 bridgehead atoms. The second-order valence-electron chi connectivity index (χ2n) is 4.17. The van der Waals surface area contributed by atoms with Crippen molar-refractivity contribution >= 4 is 28.4 Å². The van der Waals surface area contributed by atoms with E-state index in [-0.39, 0.29) is 36.1 Å². The fraction of sp³-hybridized carbons (Fsp3) is 0.364. The lowest BCUT2D eigenvalue weighted by molar-refractivity contribution is -0.141. The molecule has 2 rings (SSSR count). The van der Waals surface area contributed by atoms with Crippen molar-refractivity contribution in [2.75, 3.05) is 19.6 Å². The summed E-state index contributed by atoms with van der Waals surface area (Å²) in [5.74, 6) is -1.22. The molecule has 2 N–H and O–H groups in total. The third-order valence-corrected chi connectivity index (χ3v) is 4.72. The van der Waals surface area contributed by atoms with E-state index in [1.807, 2.05) is 6.07 Å². The second kappa shape index (κ2) is 6.82. The molecule has 0 saturated carbocycles. The van der Waals surface area contributed by atoms with Gasteiger partial charge in [0.2, 0.25) is 0 Å². The summed E-state index contributed by atoms with van der Waals surface area (Å²) in [4.78, 5) is 14.9. The monoisotopic (exact) mass is 332 g/mol. The molecule has 0 amide bonds. The number of hydrogen-bond donors (Lipinski definition) is 2. The minimum absolute atomic E-state index is 0. The maximum Gasteiger partial charge on any atom is 0.323 e. The van der Waals surface area contributed by atoms with E-state index in [2.05, 4.69) is 10.3 Å². The smallest absolute Gasteiger partial charge is 0.323 e. The van der Waals surface area contributed by atoms with Gasteiger partial charge >= 0.3 is 5.97 Å². The van der Waals surface area contributed by atoms with Crippen molar-refractivity contribution in [2.45, 2.75) is 11.1 Å². The zero-order chi connectivity index (χ0) is 14.8. The van der Waals surface area contributed by atoms with Crippen LogP contribution in [-0.4, -0.2) is 54.5 Å². The van der Waals surface area contributed by atoms with Crippen LogP contribution in [0.3, 0.4) is 0 Å². The fourth-order valence-electron chi connectivity index (χ4n) is 1.92. The van der Waals surface area contributed by atoms with Gasteiger partial charge in [0.25, 0.3) is 10.0 Å². The molecule has 21 heavy (non-hydrogen) atoms. The van der Waals surface area contributed by atoms with Gasteiger partial charge in [-0.15, -0.1) is 12.4 Å². The molecule has 114 valence electrons.